The summed E-state index contributed by atoms with van der Waals surface area (Å²) in [6, 6.07) is 0. The molecule has 0 saturated heterocycles. The topological polar surface area (TPSA) is 67.8 Å². The van der Waals surface area contributed by atoms with Gasteiger partial charge in [-0.1, -0.05) is 0 Å². The Kier molecular flexibility index (Phi) is 1.12. The summed E-state index contributed by atoms with van der Waals surface area (Å²) >= 11 is 0. The van der Waals surface area contributed by atoms with Gasteiger partial charge in [-0.2, -0.15) is 0 Å². The Morgan fingerprint density at radius 3 is 3.36 bits per heavy atom. The van der Waals surface area contributed by atoms with Crippen LogP contribution < -0.4 is 5.32 Å². The Bertz CT molecular complexity index is 289. The fourth-order valence-electron chi connectivity index (χ4n) is 1.07. The zero-order valence-corrected chi connectivity index (χ0v) is 6.18. The Labute approximate surface area is 63.9 Å². The number of imidazole rings is 1. The smallest absolute Gasteiger partial charge is 0.156 e. The molecule has 0 fully saturated rings. The van der Waals surface area contributed by atoms with E-state index in [0.717, 1.165) is 11.5 Å². The Balaban J connectivity index is 2.46. The van der Waals surface area contributed by atoms with E-state index in [-0.39, 0.29) is 0 Å². The standard InChI is InChI=1S/C6H9N5/c1-11-3-10-6-4(5(11)7)8-2-9-6/h2,7,10H,3H2,1H3,(H,8,9). The molecule has 0 radical (unpaired) electrons. The molecule has 5 nitrogen and oxygen atoms in total. The van der Waals surface area contributed by atoms with Crippen molar-refractivity contribution in [2.24, 2.45) is 0 Å². The van der Waals surface area contributed by atoms with Gasteiger partial charge in [-0.05, 0) is 0 Å². The fraction of sp³-hybridized carbons (Fsp3) is 0.333. The maximum absolute atomic E-state index is 7.61. The quantitative estimate of drug-likeness (QED) is 0.490. The van der Waals surface area contributed by atoms with E-state index in [1.165, 1.54) is 0 Å². The molecule has 11 heavy (non-hydrogen) atoms. The summed E-state index contributed by atoms with van der Waals surface area (Å²) in [7, 11) is 1.86. The number of nitrogens with zero attached hydrogens (tertiary/aromatic N) is 2. The average Bonchev–Trinajstić information content (AvgIpc) is 2.45. The largest absolute Gasteiger partial charge is 0.351 e. The van der Waals surface area contributed by atoms with E-state index in [4.69, 9.17) is 5.41 Å². The number of rotatable bonds is 0. The highest BCUT2D eigenvalue weighted by molar-refractivity contribution is 6.00. The molecule has 1 aromatic heterocycles. The number of H-pyrrole nitrogens is 1. The zero-order valence-electron chi connectivity index (χ0n) is 6.18. The lowest BCUT2D eigenvalue weighted by Gasteiger charge is -2.24. The molecule has 1 aliphatic heterocycles. The van der Waals surface area contributed by atoms with Crippen LogP contribution >= 0.6 is 0 Å². The van der Waals surface area contributed by atoms with Gasteiger partial charge < -0.3 is 15.2 Å². The van der Waals surface area contributed by atoms with Crippen molar-refractivity contribution < 1.29 is 0 Å². The van der Waals surface area contributed by atoms with Crippen LogP contribution in [0, 0.1) is 5.41 Å². The third kappa shape index (κ3) is 0.772. The van der Waals surface area contributed by atoms with Crippen LogP contribution in [0.5, 0.6) is 0 Å². The van der Waals surface area contributed by atoms with Crippen molar-refractivity contribution in [1.29, 1.82) is 5.41 Å². The minimum Gasteiger partial charge on any atom is -0.351 e. The lowest BCUT2D eigenvalue weighted by molar-refractivity contribution is 0.529. The number of amidine groups is 1. The fourth-order valence-corrected chi connectivity index (χ4v) is 1.07. The molecule has 0 amide bonds. The number of hydrogen-bond acceptors (Lipinski definition) is 3. The first-order valence-corrected chi connectivity index (χ1v) is 3.36. The van der Waals surface area contributed by atoms with Crippen molar-refractivity contribution >= 4 is 11.7 Å². The van der Waals surface area contributed by atoms with E-state index >= 15 is 0 Å². The highest BCUT2D eigenvalue weighted by Gasteiger charge is 2.19. The lowest BCUT2D eigenvalue weighted by atomic mass is 10.3. The minimum atomic E-state index is 0.483. The monoisotopic (exact) mass is 151 g/mol. The zero-order chi connectivity index (χ0) is 7.84. The summed E-state index contributed by atoms with van der Waals surface area (Å²) in [6.07, 6.45) is 1.59. The van der Waals surface area contributed by atoms with Gasteiger partial charge in [-0.25, -0.2) is 4.98 Å². The number of fused-ring (bicyclic) bond motifs is 1. The van der Waals surface area contributed by atoms with E-state index in [2.05, 4.69) is 15.3 Å². The molecule has 3 N–H and O–H groups in total. The van der Waals surface area contributed by atoms with E-state index in [9.17, 15) is 0 Å². The van der Waals surface area contributed by atoms with Gasteiger partial charge in [0.05, 0.1) is 13.0 Å². The van der Waals surface area contributed by atoms with Gasteiger partial charge >= 0.3 is 0 Å². The molecule has 2 rings (SSSR count). The van der Waals surface area contributed by atoms with Crippen molar-refractivity contribution in [3.8, 4) is 0 Å². The second-order valence-corrected chi connectivity index (χ2v) is 2.51. The Morgan fingerprint density at radius 2 is 2.55 bits per heavy atom. The maximum atomic E-state index is 7.61. The van der Waals surface area contributed by atoms with Crippen molar-refractivity contribution in [1.82, 2.24) is 14.9 Å². The van der Waals surface area contributed by atoms with Gasteiger partial charge in [0.25, 0.3) is 0 Å². The Hall–Kier alpha value is -1.52. The number of anilines is 1. The molecule has 1 aliphatic rings. The molecule has 0 atom stereocenters. The second kappa shape index (κ2) is 1.98. The molecule has 5 heteroatoms. The first kappa shape index (κ1) is 6.21. The molecule has 2 heterocycles. The van der Waals surface area contributed by atoms with E-state index in [1.54, 1.807) is 11.2 Å². The van der Waals surface area contributed by atoms with Crippen molar-refractivity contribution in [2.45, 2.75) is 0 Å². The van der Waals surface area contributed by atoms with Crippen LogP contribution in [0.2, 0.25) is 0 Å². The van der Waals surface area contributed by atoms with E-state index in [0.29, 0.717) is 12.5 Å². The van der Waals surface area contributed by atoms with Crippen LogP contribution in [0.1, 0.15) is 5.69 Å². The summed E-state index contributed by atoms with van der Waals surface area (Å²) in [5.41, 5.74) is 0.763. The number of aromatic nitrogens is 2. The van der Waals surface area contributed by atoms with Crippen LogP contribution in [0.4, 0.5) is 5.82 Å². The Morgan fingerprint density at radius 1 is 1.73 bits per heavy atom. The summed E-state index contributed by atoms with van der Waals surface area (Å²) in [4.78, 5) is 8.71. The highest BCUT2D eigenvalue weighted by atomic mass is 15.3. The average molecular weight is 151 g/mol. The van der Waals surface area contributed by atoms with Crippen LogP contribution in [-0.2, 0) is 0 Å². The third-order valence-electron chi connectivity index (χ3n) is 1.74. The van der Waals surface area contributed by atoms with Gasteiger partial charge in [-0.3, -0.25) is 5.41 Å². The van der Waals surface area contributed by atoms with Crippen molar-refractivity contribution in [2.75, 3.05) is 19.0 Å². The summed E-state index contributed by atoms with van der Waals surface area (Å²) in [5.74, 6) is 1.25. The molecule has 0 unspecified atom stereocenters. The molecular formula is C6H9N5. The molecule has 58 valence electrons. The second-order valence-electron chi connectivity index (χ2n) is 2.51. The van der Waals surface area contributed by atoms with Gasteiger partial charge in [0.1, 0.15) is 11.5 Å². The molecule has 0 spiro atoms. The summed E-state index contributed by atoms with van der Waals surface area (Å²) in [5, 5.41) is 10.7. The van der Waals surface area contributed by atoms with Gasteiger partial charge in [0, 0.05) is 7.05 Å². The normalized spacial score (nSPS) is 16.1. The molecule has 0 bridgehead atoms. The van der Waals surface area contributed by atoms with E-state index < -0.39 is 0 Å². The van der Waals surface area contributed by atoms with Crippen LogP contribution in [0.15, 0.2) is 6.33 Å². The lowest BCUT2D eigenvalue weighted by Crippen LogP contribution is -2.36. The predicted octanol–water partition coefficient (Wildman–Crippen LogP) is 0.0499. The molecule has 0 aliphatic carbocycles. The van der Waals surface area contributed by atoms with Gasteiger partial charge in [0.15, 0.2) is 5.82 Å². The molecule has 1 aromatic rings. The maximum Gasteiger partial charge on any atom is 0.156 e. The third-order valence-corrected chi connectivity index (χ3v) is 1.74. The first-order valence-electron chi connectivity index (χ1n) is 3.36. The summed E-state index contributed by atoms with van der Waals surface area (Å²) < 4.78 is 0. The highest BCUT2D eigenvalue weighted by Crippen LogP contribution is 2.15. The van der Waals surface area contributed by atoms with Crippen LogP contribution in [0.25, 0.3) is 0 Å². The number of nitrogens with one attached hydrogen (secondary N) is 3. The van der Waals surface area contributed by atoms with Crippen molar-refractivity contribution in [3.05, 3.63) is 12.0 Å². The summed E-state index contributed by atoms with van der Waals surface area (Å²) in [6.45, 7) is 0.649. The number of aromatic amines is 1. The molecule has 0 saturated carbocycles. The predicted molar refractivity (Wildman–Crippen MR) is 41.7 cm³/mol. The van der Waals surface area contributed by atoms with Gasteiger partial charge in [-0.15, -0.1) is 0 Å². The van der Waals surface area contributed by atoms with Gasteiger partial charge in [0.2, 0.25) is 0 Å². The van der Waals surface area contributed by atoms with Crippen LogP contribution in [0.3, 0.4) is 0 Å². The van der Waals surface area contributed by atoms with Crippen LogP contribution in [-0.4, -0.2) is 34.4 Å². The number of hydrogen-bond donors (Lipinski definition) is 3. The molecule has 0 aromatic carbocycles. The first-order chi connectivity index (χ1) is 5.29. The molecular weight excluding hydrogens is 142 g/mol. The SMILES string of the molecule is CN1CNc2nc[nH]c2C1=N. The minimum absolute atomic E-state index is 0.483. The van der Waals surface area contributed by atoms with E-state index in [1.807, 2.05) is 7.05 Å². The van der Waals surface area contributed by atoms with Crippen molar-refractivity contribution in [3.63, 3.8) is 0 Å².